The van der Waals surface area contributed by atoms with Crippen molar-refractivity contribution < 1.29 is 4.79 Å². The maximum atomic E-state index is 12.3. The first-order valence-electron chi connectivity index (χ1n) is 6.59. The van der Waals surface area contributed by atoms with Gasteiger partial charge in [0.25, 0.3) is 0 Å². The lowest BCUT2D eigenvalue weighted by Crippen LogP contribution is -2.49. The normalized spacial score (nSPS) is 19.9. The van der Waals surface area contributed by atoms with Crippen molar-refractivity contribution in [1.29, 1.82) is 0 Å². The van der Waals surface area contributed by atoms with Gasteiger partial charge < -0.3 is 5.32 Å². The zero-order valence-corrected chi connectivity index (χ0v) is 12.1. The molecule has 3 rings (SSSR count). The van der Waals surface area contributed by atoms with Crippen LogP contribution < -0.4 is 5.32 Å². The van der Waals surface area contributed by atoms with Crippen molar-refractivity contribution in [3.63, 3.8) is 0 Å². The fourth-order valence-corrected chi connectivity index (χ4v) is 3.02. The molecule has 0 saturated carbocycles. The molecule has 0 spiro atoms. The molecular weight excluding hydrogens is 272 g/mol. The maximum Gasteiger partial charge on any atom is 0.242 e. The van der Waals surface area contributed by atoms with Gasteiger partial charge in [0.05, 0.1) is 5.69 Å². The van der Waals surface area contributed by atoms with Crippen LogP contribution in [0, 0.1) is 6.92 Å². The molecule has 20 heavy (non-hydrogen) atoms. The van der Waals surface area contributed by atoms with E-state index >= 15 is 0 Å². The summed E-state index contributed by atoms with van der Waals surface area (Å²) in [6, 6.07) is 7.80. The highest BCUT2D eigenvalue weighted by Gasteiger charge is 2.32. The van der Waals surface area contributed by atoms with Gasteiger partial charge >= 0.3 is 0 Å². The van der Waals surface area contributed by atoms with E-state index in [1.54, 1.807) is 0 Å². The van der Waals surface area contributed by atoms with Gasteiger partial charge in [-0.1, -0.05) is 28.8 Å². The number of benzene rings is 1. The van der Waals surface area contributed by atoms with Gasteiger partial charge in [0.15, 0.2) is 0 Å². The van der Waals surface area contributed by atoms with Gasteiger partial charge in [-0.05, 0) is 29.6 Å². The Kier molecular flexibility index (Phi) is 3.75. The fraction of sp³-hybridized carbons (Fsp3) is 0.357. The predicted molar refractivity (Wildman–Crippen MR) is 77.2 cm³/mol. The Morgan fingerprint density at radius 2 is 2.30 bits per heavy atom. The fourth-order valence-electron chi connectivity index (χ4n) is 2.58. The molecule has 1 N–H and O–H groups in total. The Hall–Kier alpha value is -1.79. The summed E-state index contributed by atoms with van der Waals surface area (Å²) in [6.07, 6.45) is 0. The number of hydrogen-bond acceptors (Lipinski definition) is 5. The second kappa shape index (κ2) is 5.68. The summed E-state index contributed by atoms with van der Waals surface area (Å²) < 4.78 is 3.89. The van der Waals surface area contributed by atoms with E-state index in [-0.39, 0.29) is 11.9 Å². The van der Waals surface area contributed by atoms with Gasteiger partial charge in [0.1, 0.15) is 6.04 Å². The summed E-state index contributed by atoms with van der Waals surface area (Å²) in [5, 5.41) is 8.97. The molecular formula is C14H16N4OS. The Morgan fingerprint density at radius 1 is 1.45 bits per heavy atom. The molecule has 0 unspecified atom stereocenters. The monoisotopic (exact) mass is 288 g/mol. The Bertz CT molecular complexity index is 599. The van der Waals surface area contributed by atoms with Crippen LogP contribution >= 0.6 is 11.5 Å². The van der Waals surface area contributed by atoms with Gasteiger partial charge in [-0.15, -0.1) is 5.10 Å². The molecule has 5 nitrogen and oxygen atoms in total. The highest BCUT2D eigenvalue weighted by Crippen LogP contribution is 2.27. The molecule has 0 radical (unpaired) electrons. The minimum atomic E-state index is -0.244. The molecule has 104 valence electrons. The van der Waals surface area contributed by atoms with Gasteiger partial charge in [-0.25, -0.2) is 0 Å². The number of nitrogens with zero attached hydrogens (tertiary/aromatic N) is 3. The summed E-state index contributed by atoms with van der Waals surface area (Å²) >= 11 is 1.34. The van der Waals surface area contributed by atoms with Crippen molar-refractivity contribution >= 4 is 17.4 Å². The molecule has 1 atom stereocenters. The van der Waals surface area contributed by atoms with Crippen LogP contribution in [0.3, 0.4) is 0 Å². The lowest BCUT2D eigenvalue weighted by molar-refractivity contribution is -0.129. The van der Waals surface area contributed by atoms with Crippen LogP contribution in [0.1, 0.15) is 22.9 Å². The van der Waals surface area contributed by atoms with Gasteiger partial charge in [0.2, 0.25) is 5.91 Å². The molecule has 1 amide bonds. The SMILES string of the molecule is Cc1ccccc1[C@@H]1C(=O)NCCN1Cc1csnn1. The van der Waals surface area contributed by atoms with E-state index in [1.807, 2.05) is 36.6 Å². The number of piperazine rings is 1. The Labute approximate surface area is 121 Å². The van der Waals surface area contributed by atoms with E-state index in [0.717, 1.165) is 23.4 Å². The van der Waals surface area contributed by atoms with Crippen LogP contribution in [0.2, 0.25) is 0 Å². The summed E-state index contributed by atoms with van der Waals surface area (Å²) in [5.41, 5.74) is 3.12. The highest BCUT2D eigenvalue weighted by atomic mass is 32.1. The predicted octanol–water partition coefficient (Wildman–Crippen LogP) is 1.52. The van der Waals surface area contributed by atoms with Crippen molar-refractivity contribution in [1.82, 2.24) is 19.8 Å². The second-order valence-electron chi connectivity index (χ2n) is 4.92. The molecule has 2 aromatic rings. The van der Waals surface area contributed by atoms with Gasteiger partial charge in [0, 0.05) is 25.0 Å². The average molecular weight is 288 g/mol. The van der Waals surface area contributed by atoms with Gasteiger partial charge in [-0.3, -0.25) is 9.69 Å². The van der Waals surface area contributed by atoms with Crippen LogP contribution in [-0.2, 0) is 11.3 Å². The number of amides is 1. The standard InChI is InChI=1S/C14H16N4OS/c1-10-4-2-3-5-12(10)13-14(19)15-6-7-18(13)8-11-9-20-17-16-11/h2-5,9,13H,6-8H2,1H3,(H,15,19)/t13-/m1/s1. The zero-order valence-electron chi connectivity index (χ0n) is 11.2. The van der Waals surface area contributed by atoms with E-state index in [2.05, 4.69) is 19.8 Å². The summed E-state index contributed by atoms with van der Waals surface area (Å²) in [7, 11) is 0. The number of aromatic nitrogens is 2. The first-order chi connectivity index (χ1) is 9.75. The van der Waals surface area contributed by atoms with Crippen LogP contribution in [0.4, 0.5) is 0 Å². The average Bonchev–Trinajstić information content (AvgIpc) is 2.93. The highest BCUT2D eigenvalue weighted by molar-refractivity contribution is 7.03. The number of hydrogen-bond donors (Lipinski definition) is 1. The number of carbonyl (C=O) groups excluding carboxylic acids is 1. The molecule has 6 heteroatoms. The number of aryl methyl sites for hydroxylation is 1. The zero-order chi connectivity index (χ0) is 13.9. The summed E-state index contributed by atoms with van der Waals surface area (Å²) in [4.78, 5) is 14.5. The third-order valence-corrected chi connectivity index (χ3v) is 4.12. The van der Waals surface area contributed by atoms with Crippen LogP contribution in [0.5, 0.6) is 0 Å². The molecule has 0 bridgehead atoms. The first kappa shape index (κ1) is 13.2. The molecule has 1 saturated heterocycles. The van der Waals surface area contributed by atoms with Crippen LogP contribution in [0.15, 0.2) is 29.6 Å². The topological polar surface area (TPSA) is 58.1 Å². The van der Waals surface area contributed by atoms with E-state index in [1.165, 1.54) is 11.5 Å². The number of nitrogens with one attached hydrogen (secondary N) is 1. The maximum absolute atomic E-state index is 12.3. The van der Waals surface area contributed by atoms with Crippen LogP contribution in [-0.4, -0.2) is 33.5 Å². The third kappa shape index (κ3) is 2.57. The van der Waals surface area contributed by atoms with Crippen molar-refractivity contribution in [3.8, 4) is 0 Å². The van der Waals surface area contributed by atoms with E-state index in [4.69, 9.17) is 0 Å². The molecule has 2 heterocycles. The largest absolute Gasteiger partial charge is 0.353 e. The third-order valence-electron chi connectivity index (χ3n) is 3.57. The minimum Gasteiger partial charge on any atom is -0.353 e. The van der Waals surface area contributed by atoms with Crippen molar-refractivity contribution in [2.75, 3.05) is 13.1 Å². The number of carbonyl (C=O) groups is 1. The minimum absolute atomic E-state index is 0.0636. The smallest absolute Gasteiger partial charge is 0.242 e. The van der Waals surface area contributed by atoms with E-state index < -0.39 is 0 Å². The Balaban J connectivity index is 1.91. The van der Waals surface area contributed by atoms with Crippen molar-refractivity contribution in [3.05, 3.63) is 46.5 Å². The summed E-state index contributed by atoms with van der Waals surface area (Å²) in [5.74, 6) is 0.0636. The van der Waals surface area contributed by atoms with Gasteiger partial charge in [-0.2, -0.15) is 0 Å². The molecule has 1 aliphatic rings. The quantitative estimate of drug-likeness (QED) is 0.930. The number of rotatable bonds is 3. The van der Waals surface area contributed by atoms with E-state index in [9.17, 15) is 4.79 Å². The van der Waals surface area contributed by atoms with Crippen molar-refractivity contribution in [2.45, 2.75) is 19.5 Å². The van der Waals surface area contributed by atoms with E-state index in [0.29, 0.717) is 13.1 Å². The molecule has 1 aliphatic heterocycles. The first-order valence-corrected chi connectivity index (χ1v) is 7.42. The Morgan fingerprint density at radius 3 is 3.05 bits per heavy atom. The summed E-state index contributed by atoms with van der Waals surface area (Å²) in [6.45, 7) is 4.20. The van der Waals surface area contributed by atoms with Crippen LogP contribution in [0.25, 0.3) is 0 Å². The molecule has 1 fully saturated rings. The lowest BCUT2D eigenvalue weighted by atomic mass is 9.97. The van der Waals surface area contributed by atoms with Crippen molar-refractivity contribution in [2.24, 2.45) is 0 Å². The lowest BCUT2D eigenvalue weighted by Gasteiger charge is -2.35. The molecule has 1 aromatic heterocycles. The molecule has 1 aromatic carbocycles. The second-order valence-corrected chi connectivity index (χ2v) is 5.53. The molecule has 0 aliphatic carbocycles.